The highest BCUT2D eigenvalue weighted by atomic mass is 16.2. The van der Waals surface area contributed by atoms with E-state index in [9.17, 15) is 14.4 Å². The quantitative estimate of drug-likeness (QED) is 0.752. The topological polar surface area (TPSA) is 82.6 Å². The average molecular weight is 316 g/mol. The van der Waals surface area contributed by atoms with Crippen LogP contribution in [0.15, 0.2) is 24.5 Å². The monoisotopic (exact) mass is 316 g/mol. The van der Waals surface area contributed by atoms with Crippen LogP contribution in [0, 0.1) is 11.8 Å². The van der Waals surface area contributed by atoms with Crippen LogP contribution in [-0.2, 0) is 20.9 Å². The molecule has 1 aromatic heterocycles. The molecule has 23 heavy (non-hydrogen) atoms. The zero-order chi connectivity index (χ0) is 16.2. The number of amides is 3. The summed E-state index contributed by atoms with van der Waals surface area (Å²) in [7, 11) is 0. The average Bonchev–Trinajstić information content (AvgIpc) is 3.41. The molecule has 0 aromatic carbocycles. The van der Waals surface area contributed by atoms with Gasteiger partial charge in [0.1, 0.15) is 0 Å². The van der Waals surface area contributed by atoms with Crippen LogP contribution in [0.4, 0.5) is 0 Å². The Balaban J connectivity index is 1.44. The van der Waals surface area contributed by atoms with Crippen molar-refractivity contribution in [2.75, 3.05) is 26.2 Å². The van der Waals surface area contributed by atoms with Gasteiger partial charge in [0, 0.05) is 45.1 Å². The number of nitrogens with zero attached hydrogens (tertiary/aromatic N) is 3. The number of piperazine rings is 1. The molecule has 1 saturated heterocycles. The first kappa shape index (κ1) is 15.5. The van der Waals surface area contributed by atoms with Gasteiger partial charge in [0.15, 0.2) is 0 Å². The second-order valence-corrected chi connectivity index (χ2v) is 5.99. The van der Waals surface area contributed by atoms with Crippen molar-refractivity contribution in [1.82, 2.24) is 20.1 Å². The molecule has 122 valence electrons. The molecule has 1 aliphatic carbocycles. The molecule has 0 radical (unpaired) electrons. The predicted octanol–water partition coefficient (Wildman–Crippen LogP) is -0.365. The van der Waals surface area contributed by atoms with Crippen LogP contribution in [-0.4, -0.2) is 59.2 Å². The van der Waals surface area contributed by atoms with Gasteiger partial charge in [-0.25, -0.2) is 0 Å². The van der Waals surface area contributed by atoms with Gasteiger partial charge >= 0.3 is 0 Å². The van der Waals surface area contributed by atoms with E-state index in [1.165, 1.54) is 0 Å². The van der Waals surface area contributed by atoms with E-state index in [1.54, 1.807) is 22.2 Å². The Morgan fingerprint density at radius 2 is 2.04 bits per heavy atom. The largest absolute Gasteiger partial charge is 0.352 e. The first-order valence-corrected chi connectivity index (χ1v) is 7.84. The Labute approximate surface area is 134 Å². The Morgan fingerprint density at radius 3 is 2.70 bits per heavy atom. The lowest BCUT2D eigenvalue weighted by Crippen LogP contribution is -2.48. The number of pyridine rings is 1. The molecule has 2 aliphatic rings. The molecule has 0 bridgehead atoms. The van der Waals surface area contributed by atoms with E-state index in [2.05, 4.69) is 10.3 Å². The molecule has 1 N–H and O–H groups in total. The van der Waals surface area contributed by atoms with Crippen molar-refractivity contribution in [3.8, 4) is 0 Å². The van der Waals surface area contributed by atoms with Crippen molar-refractivity contribution in [2.24, 2.45) is 11.8 Å². The Kier molecular flexibility index (Phi) is 4.55. The van der Waals surface area contributed by atoms with Crippen LogP contribution >= 0.6 is 0 Å². The number of aromatic nitrogens is 1. The third-order valence-corrected chi connectivity index (χ3v) is 4.41. The van der Waals surface area contributed by atoms with Crippen molar-refractivity contribution in [2.45, 2.75) is 13.0 Å². The molecule has 1 aromatic rings. The fourth-order valence-corrected chi connectivity index (χ4v) is 2.86. The van der Waals surface area contributed by atoms with Gasteiger partial charge in [-0.3, -0.25) is 19.4 Å². The fraction of sp³-hybridized carbons (Fsp3) is 0.500. The van der Waals surface area contributed by atoms with Crippen LogP contribution in [0.25, 0.3) is 0 Å². The highest BCUT2D eigenvalue weighted by molar-refractivity contribution is 5.92. The maximum absolute atomic E-state index is 12.4. The molecule has 2 unspecified atom stereocenters. The number of hydrogen-bond acceptors (Lipinski definition) is 4. The molecule has 0 spiro atoms. The molecule has 2 heterocycles. The zero-order valence-corrected chi connectivity index (χ0v) is 12.9. The minimum atomic E-state index is -0.219. The molecule has 7 nitrogen and oxygen atoms in total. The van der Waals surface area contributed by atoms with Gasteiger partial charge in [-0.05, 0) is 18.1 Å². The molecule has 2 fully saturated rings. The Bertz CT molecular complexity index is 584. The van der Waals surface area contributed by atoms with E-state index in [0.29, 0.717) is 39.1 Å². The number of hydrogen-bond donors (Lipinski definition) is 1. The third kappa shape index (κ3) is 3.67. The van der Waals surface area contributed by atoms with Crippen LogP contribution in [0.5, 0.6) is 0 Å². The fourth-order valence-electron chi connectivity index (χ4n) is 2.86. The summed E-state index contributed by atoms with van der Waals surface area (Å²) >= 11 is 0. The molecular weight excluding hydrogens is 296 g/mol. The van der Waals surface area contributed by atoms with Gasteiger partial charge in [0.05, 0.1) is 11.8 Å². The van der Waals surface area contributed by atoms with Crippen LogP contribution < -0.4 is 5.32 Å². The lowest BCUT2D eigenvalue weighted by molar-refractivity contribution is -0.137. The summed E-state index contributed by atoms with van der Waals surface area (Å²) in [6.07, 6.45) is 4.83. The maximum Gasteiger partial charge on any atom is 0.226 e. The van der Waals surface area contributed by atoms with Crippen molar-refractivity contribution in [3.05, 3.63) is 30.1 Å². The molecule has 1 saturated carbocycles. The van der Waals surface area contributed by atoms with E-state index in [-0.39, 0.29) is 23.7 Å². The summed E-state index contributed by atoms with van der Waals surface area (Å²) in [6, 6.07) is 3.72. The van der Waals surface area contributed by atoms with Gasteiger partial charge in [0.2, 0.25) is 18.2 Å². The lowest BCUT2D eigenvalue weighted by Gasteiger charge is -2.32. The zero-order valence-electron chi connectivity index (χ0n) is 12.9. The van der Waals surface area contributed by atoms with Crippen LogP contribution in [0.1, 0.15) is 12.0 Å². The van der Waals surface area contributed by atoms with Gasteiger partial charge in [-0.1, -0.05) is 6.07 Å². The SMILES string of the molecule is O=CN1CCN(C(=O)C2CC2C(=O)NCc2cccnc2)CC1. The van der Waals surface area contributed by atoms with Gasteiger partial charge in [-0.2, -0.15) is 0 Å². The number of carbonyl (C=O) groups is 3. The molecule has 7 heteroatoms. The first-order chi connectivity index (χ1) is 11.2. The van der Waals surface area contributed by atoms with Crippen molar-refractivity contribution >= 4 is 18.2 Å². The highest BCUT2D eigenvalue weighted by Crippen LogP contribution is 2.40. The van der Waals surface area contributed by atoms with Crippen molar-refractivity contribution < 1.29 is 14.4 Å². The summed E-state index contributed by atoms with van der Waals surface area (Å²) in [5.74, 6) is -0.453. The van der Waals surface area contributed by atoms with E-state index in [1.807, 2.05) is 12.1 Å². The van der Waals surface area contributed by atoms with E-state index >= 15 is 0 Å². The standard InChI is InChI=1S/C16H20N4O3/c21-11-19-4-6-20(7-5-19)16(23)14-8-13(14)15(22)18-10-12-2-1-3-17-9-12/h1-3,9,11,13-14H,4-8,10H2,(H,18,22). The highest BCUT2D eigenvalue weighted by Gasteiger charge is 2.49. The van der Waals surface area contributed by atoms with Gasteiger partial charge in [0.25, 0.3) is 0 Å². The van der Waals surface area contributed by atoms with E-state index in [4.69, 9.17) is 0 Å². The summed E-state index contributed by atoms with van der Waals surface area (Å²) in [4.78, 5) is 42.6. The maximum atomic E-state index is 12.4. The first-order valence-electron chi connectivity index (χ1n) is 7.84. The number of nitrogens with one attached hydrogen (secondary N) is 1. The summed E-state index contributed by atoms with van der Waals surface area (Å²) < 4.78 is 0. The van der Waals surface area contributed by atoms with Crippen LogP contribution in [0.2, 0.25) is 0 Å². The number of rotatable bonds is 5. The Hall–Kier alpha value is -2.44. The third-order valence-electron chi connectivity index (χ3n) is 4.41. The van der Waals surface area contributed by atoms with Crippen molar-refractivity contribution in [1.29, 1.82) is 0 Å². The second kappa shape index (κ2) is 6.76. The minimum absolute atomic E-state index is 0.0390. The smallest absolute Gasteiger partial charge is 0.226 e. The minimum Gasteiger partial charge on any atom is -0.352 e. The summed E-state index contributed by atoms with van der Waals surface area (Å²) in [5.41, 5.74) is 0.939. The molecule has 3 rings (SSSR count). The second-order valence-electron chi connectivity index (χ2n) is 5.99. The van der Waals surface area contributed by atoms with Crippen LogP contribution in [0.3, 0.4) is 0 Å². The van der Waals surface area contributed by atoms with Gasteiger partial charge < -0.3 is 15.1 Å². The normalized spacial score (nSPS) is 23.3. The predicted molar refractivity (Wildman–Crippen MR) is 81.9 cm³/mol. The van der Waals surface area contributed by atoms with E-state index in [0.717, 1.165) is 12.0 Å². The lowest BCUT2D eigenvalue weighted by atomic mass is 10.2. The summed E-state index contributed by atoms with van der Waals surface area (Å²) in [5, 5.41) is 2.86. The molecule has 1 aliphatic heterocycles. The Morgan fingerprint density at radius 1 is 1.26 bits per heavy atom. The molecular formula is C16H20N4O3. The summed E-state index contributed by atoms with van der Waals surface area (Å²) in [6.45, 7) is 2.68. The molecule has 2 atom stereocenters. The number of carbonyl (C=O) groups excluding carboxylic acids is 3. The van der Waals surface area contributed by atoms with Crippen molar-refractivity contribution in [3.63, 3.8) is 0 Å². The molecule has 3 amide bonds. The van der Waals surface area contributed by atoms with E-state index < -0.39 is 0 Å². The van der Waals surface area contributed by atoms with Gasteiger partial charge in [-0.15, -0.1) is 0 Å².